The van der Waals surface area contributed by atoms with Gasteiger partial charge in [0.1, 0.15) is 11.6 Å². The van der Waals surface area contributed by atoms with Crippen molar-refractivity contribution < 1.29 is 18.0 Å². The average molecular weight is 373 g/mol. The largest absolute Gasteiger partial charge is 0.459 e. The molecule has 1 N–H and O–H groups in total. The summed E-state index contributed by atoms with van der Waals surface area (Å²) in [5.41, 5.74) is 0.737. The number of nitrogens with one attached hydrogen (secondary N) is 1. The highest BCUT2D eigenvalue weighted by Gasteiger charge is 2.16. The summed E-state index contributed by atoms with van der Waals surface area (Å²) in [6.45, 7) is 0.114. The minimum absolute atomic E-state index is 0.0351. The second-order valence-electron chi connectivity index (χ2n) is 5.58. The Bertz CT molecular complexity index is 860. The molecule has 2 aromatic carbocycles. The van der Waals surface area contributed by atoms with Crippen molar-refractivity contribution >= 4 is 17.7 Å². The highest BCUT2D eigenvalue weighted by molar-refractivity contribution is 7.98. The Balaban J connectivity index is 1.56. The summed E-state index contributed by atoms with van der Waals surface area (Å²) in [6, 6.07) is 15.3. The Morgan fingerprint density at radius 1 is 1.00 bits per heavy atom. The molecule has 0 atom stereocenters. The first-order valence-electron chi connectivity index (χ1n) is 8.10. The molecule has 0 aliphatic heterocycles. The molecule has 0 saturated carbocycles. The van der Waals surface area contributed by atoms with Gasteiger partial charge in [-0.1, -0.05) is 24.3 Å². The van der Waals surface area contributed by atoms with Crippen LogP contribution in [0.5, 0.6) is 0 Å². The summed E-state index contributed by atoms with van der Waals surface area (Å²) in [7, 11) is 0. The Hall–Kier alpha value is -2.60. The summed E-state index contributed by atoms with van der Waals surface area (Å²) >= 11 is 1.60. The number of hydrogen-bond donors (Lipinski definition) is 1. The Kier molecular flexibility index (Phi) is 6.07. The summed E-state index contributed by atoms with van der Waals surface area (Å²) < 4.78 is 32.5. The van der Waals surface area contributed by atoms with Gasteiger partial charge in [0.25, 0.3) is 5.91 Å². The molecule has 0 unspecified atom stereocenters. The van der Waals surface area contributed by atoms with Crippen LogP contribution in [0.15, 0.2) is 70.2 Å². The first kappa shape index (κ1) is 18.2. The van der Waals surface area contributed by atoms with Crippen molar-refractivity contribution in [2.75, 3.05) is 6.54 Å². The van der Waals surface area contributed by atoms with Gasteiger partial charge in [0.05, 0.1) is 6.26 Å². The zero-order chi connectivity index (χ0) is 18.4. The van der Waals surface area contributed by atoms with Crippen molar-refractivity contribution in [3.8, 4) is 0 Å². The van der Waals surface area contributed by atoms with Gasteiger partial charge in [0, 0.05) is 28.3 Å². The van der Waals surface area contributed by atoms with E-state index < -0.39 is 17.5 Å². The van der Waals surface area contributed by atoms with Crippen LogP contribution in [0.4, 0.5) is 8.78 Å². The van der Waals surface area contributed by atoms with E-state index in [1.807, 2.05) is 30.3 Å². The van der Waals surface area contributed by atoms with Gasteiger partial charge in [-0.15, -0.1) is 11.8 Å². The maximum atomic E-state index is 13.6. The van der Waals surface area contributed by atoms with Crippen LogP contribution in [-0.2, 0) is 12.2 Å². The van der Waals surface area contributed by atoms with E-state index in [4.69, 9.17) is 4.42 Å². The molecule has 3 aromatic rings. The number of rotatable bonds is 7. The second-order valence-corrected chi connectivity index (χ2v) is 6.63. The normalized spacial score (nSPS) is 10.7. The summed E-state index contributed by atoms with van der Waals surface area (Å²) in [4.78, 5) is 13.4. The zero-order valence-corrected chi connectivity index (χ0v) is 14.7. The van der Waals surface area contributed by atoms with Crippen LogP contribution < -0.4 is 5.32 Å². The van der Waals surface area contributed by atoms with Crippen molar-refractivity contribution in [3.05, 3.63) is 89.4 Å². The fourth-order valence-electron chi connectivity index (χ4n) is 2.48. The molecular weight excluding hydrogens is 356 g/mol. The molecule has 3 nitrogen and oxygen atoms in total. The molecule has 0 bridgehead atoms. The van der Waals surface area contributed by atoms with E-state index in [9.17, 15) is 13.6 Å². The molecule has 1 aromatic heterocycles. The third kappa shape index (κ3) is 4.52. The maximum Gasteiger partial charge on any atom is 0.287 e. The number of carbonyl (C=O) groups excluding carboxylic acids is 1. The van der Waals surface area contributed by atoms with Crippen LogP contribution in [-0.4, -0.2) is 12.5 Å². The number of hydrogen-bond acceptors (Lipinski definition) is 3. The quantitative estimate of drug-likeness (QED) is 0.604. The maximum absolute atomic E-state index is 13.6. The molecule has 0 fully saturated rings. The van der Waals surface area contributed by atoms with Gasteiger partial charge in [-0.25, -0.2) is 8.78 Å². The standard InChI is InChI=1S/C20H17F2NO2S/c21-17-7-4-8-18(22)16(17)9-11-23-20(24)19-14(10-12-25-19)13-26-15-5-2-1-3-6-15/h1-8,10,12H,9,11,13H2,(H,23,24). The molecule has 6 heteroatoms. The van der Waals surface area contributed by atoms with Crippen LogP contribution in [0.1, 0.15) is 21.7 Å². The predicted molar refractivity (Wildman–Crippen MR) is 97.1 cm³/mol. The zero-order valence-electron chi connectivity index (χ0n) is 13.9. The van der Waals surface area contributed by atoms with E-state index in [0.717, 1.165) is 10.5 Å². The smallest absolute Gasteiger partial charge is 0.287 e. The number of halogens is 2. The lowest BCUT2D eigenvalue weighted by molar-refractivity contribution is 0.0925. The number of thioether (sulfide) groups is 1. The predicted octanol–water partition coefficient (Wildman–Crippen LogP) is 4.82. The topological polar surface area (TPSA) is 42.2 Å². The molecule has 1 amide bonds. The lowest BCUT2D eigenvalue weighted by Crippen LogP contribution is -2.26. The number of amides is 1. The van der Waals surface area contributed by atoms with Crippen LogP contribution in [0, 0.1) is 11.6 Å². The molecule has 134 valence electrons. The van der Waals surface area contributed by atoms with Crippen molar-refractivity contribution in [2.45, 2.75) is 17.1 Å². The van der Waals surface area contributed by atoms with Crippen molar-refractivity contribution in [1.29, 1.82) is 0 Å². The van der Waals surface area contributed by atoms with E-state index in [0.29, 0.717) is 5.75 Å². The van der Waals surface area contributed by atoms with Gasteiger partial charge in [-0.05, 0) is 36.8 Å². The van der Waals surface area contributed by atoms with Crippen LogP contribution >= 0.6 is 11.8 Å². The van der Waals surface area contributed by atoms with Gasteiger partial charge in [0.2, 0.25) is 0 Å². The fourth-order valence-corrected chi connectivity index (χ4v) is 3.38. The second kappa shape index (κ2) is 8.67. The van der Waals surface area contributed by atoms with E-state index in [-0.39, 0.29) is 24.3 Å². The Morgan fingerprint density at radius 2 is 1.73 bits per heavy atom. The van der Waals surface area contributed by atoms with Crippen molar-refractivity contribution in [1.82, 2.24) is 5.32 Å². The SMILES string of the molecule is O=C(NCCc1c(F)cccc1F)c1occc1CSc1ccccc1. The number of carbonyl (C=O) groups is 1. The third-order valence-corrected chi connectivity index (χ3v) is 4.87. The van der Waals surface area contributed by atoms with Crippen LogP contribution in [0.25, 0.3) is 0 Å². The van der Waals surface area contributed by atoms with E-state index in [2.05, 4.69) is 5.32 Å². The minimum Gasteiger partial charge on any atom is -0.459 e. The molecule has 0 aliphatic rings. The molecule has 0 aliphatic carbocycles. The third-order valence-electron chi connectivity index (χ3n) is 3.81. The van der Waals surface area contributed by atoms with E-state index >= 15 is 0 Å². The molecule has 3 rings (SSSR count). The fraction of sp³-hybridized carbons (Fsp3) is 0.150. The van der Waals surface area contributed by atoms with Gasteiger partial charge in [0.15, 0.2) is 5.76 Å². The van der Waals surface area contributed by atoms with Gasteiger partial charge in [-0.3, -0.25) is 4.79 Å². The summed E-state index contributed by atoms with van der Waals surface area (Å²) in [5, 5.41) is 2.65. The van der Waals surface area contributed by atoms with E-state index in [1.54, 1.807) is 17.8 Å². The van der Waals surface area contributed by atoms with Gasteiger partial charge < -0.3 is 9.73 Å². The molecule has 0 radical (unpaired) electrons. The van der Waals surface area contributed by atoms with E-state index in [1.165, 1.54) is 24.5 Å². The summed E-state index contributed by atoms with van der Waals surface area (Å²) in [5.74, 6) is -0.808. The van der Waals surface area contributed by atoms with Gasteiger partial charge in [-0.2, -0.15) is 0 Å². The van der Waals surface area contributed by atoms with Gasteiger partial charge >= 0.3 is 0 Å². The molecule has 0 saturated heterocycles. The van der Waals surface area contributed by atoms with Crippen LogP contribution in [0.2, 0.25) is 0 Å². The summed E-state index contributed by atoms with van der Waals surface area (Å²) in [6.07, 6.45) is 1.53. The molecule has 0 spiro atoms. The monoisotopic (exact) mass is 373 g/mol. The van der Waals surface area contributed by atoms with Crippen molar-refractivity contribution in [2.24, 2.45) is 0 Å². The minimum atomic E-state index is -0.614. The molecule has 1 heterocycles. The lowest BCUT2D eigenvalue weighted by Gasteiger charge is -2.07. The highest BCUT2D eigenvalue weighted by Crippen LogP contribution is 2.24. The first-order chi connectivity index (χ1) is 12.6. The van der Waals surface area contributed by atoms with Crippen LogP contribution in [0.3, 0.4) is 0 Å². The average Bonchev–Trinajstić information content (AvgIpc) is 3.12. The molecule has 26 heavy (non-hydrogen) atoms. The number of benzene rings is 2. The number of furan rings is 1. The Morgan fingerprint density at radius 3 is 2.46 bits per heavy atom. The Labute approximate surface area is 154 Å². The lowest BCUT2D eigenvalue weighted by atomic mass is 10.1. The van der Waals surface area contributed by atoms with Crippen molar-refractivity contribution in [3.63, 3.8) is 0 Å². The highest BCUT2D eigenvalue weighted by atomic mass is 32.2. The first-order valence-corrected chi connectivity index (χ1v) is 9.09. The molecular formula is C20H17F2NO2S.